The summed E-state index contributed by atoms with van der Waals surface area (Å²) in [4.78, 5) is 2.37. The molecule has 0 aromatic heterocycles. The van der Waals surface area contributed by atoms with E-state index in [4.69, 9.17) is 10.5 Å². The van der Waals surface area contributed by atoms with E-state index in [9.17, 15) is 8.42 Å². The molecule has 118 valence electrons. The second-order valence-corrected chi connectivity index (χ2v) is 7.44. The molecule has 0 aliphatic carbocycles. The second-order valence-electron chi connectivity index (χ2n) is 5.50. The molecule has 0 radical (unpaired) electrons. The Labute approximate surface area is 126 Å². The largest absolute Gasteiger partial charge is 0.495 e. The third kappa shape index (κ3) is 3.30. The first kappa shape index (κ1) is 16.1. The Kier molecular flexibility index (Phi) is 4.75. The number of ether oxygens (including phenoxy) is 1. The summed E-state index contributed by atoms with van der Waals surface area (Å²) in [7, 11) is 2.08. The first-order valence-electron chi connectivity index (χ1n) is 6.96. The Morgan fingerprint density at radius 3 is 2.38 bits per heavy atom. The molecule has 0 atom stereocenters. The Morgan fingerprint density at radius 2 is 1.90 bits per heavy atom. The lowest BCUT2D eigenvalue weighted by molar-refractivity contribution is 0.196. The van der Waals surface area contributed by atoms with Crippen molar-refractivity contribution < 1.29 is 13.2 Å². The van der Waals surface area contributed by atoms with Gasteiger partial charge < -0.3 is 15.4 Å². The van der Waals surface area contributed by atoms with Crippen molar-refractivity contribution in [3.05, 3.63) is 18.2 Å². The molecule has 1 aliphatic heterocycles. The van der Waals surface area contributed by atoms with E-state index in [0.717, 1.165) is 12.8 Å². The monoisotopic (exact) mass is 313 g/mol. The minimum Gasteiger partial charge on any atom is -0.495 e. The lowest BCUT2D eigenvalue weighted by Gasteiger charge is -2.34. The quantitative estimate of drug-likeness (QED) is 0.839. The molecule has 1 heterocycles. The highest BCUT2D eigenvalue weighted by Gasteiger charge is 2.30. The normalized spacial score (nSPS) is 18.1. The number of sulfonamides is 1. The molecule has 1 fully saturated rings. The lowest BCUT2D eigenvalue weighted by atomic mass is 10.1. The zero-order valence-electron chi connectivity index (χ0n) is 12.7. The topological polar surface area (TPSA) is 75.9 Å². The van der Waals surface area contributed by atoms with Gasteiger partial charge in [-0.15, -0.1) is 0 Å². The highest BCUT2D eigenvalue weighted by Crippen LogP contribution is 2.28. The van der Waals surface area contributed by atoms with E-state index in [1.165, 1.54) is 17.5 Å². The van der Waals surface area contributed by atoms with Gasteiger partial charge in [0.1, 0.15) is 5.75 Å². The SMILES string of the molecule is COc1ccc(S(=O)(=O)N2CCC(N(C)C)CC2)cc1N. The fourth-order valence-corrected chi connectivity index (χ4v) is 4.13. The highest BCUT2D eigenvalue weighted by molar-refractivity contribution is 7.89. The second kappa shape index (κ2) is 6.21. The van der Waals surface area contributed by atoms with Crippen LogP contribution < -0.4 is 10.5 Å². The molecule has 1 aromatic rings. The number of nitrogen functional groups attached to an aromatic ring is 1. The summed E-state index contributed by atoms with van der Waals surface area (Å²) in [6.07, 6.45) is 1.69. The number of anilines is 1. The van der Waals surface area contributed by atoms with E-state index in [1.54, 1.807) is 12.1 Å². The summed E-state index contributed by atoms with van der Waals surface area (Å²) >= 11 is 0. The molecule has 1 saturated heterocycles. The van der Waals surface area contributed by atoms with Crippen molar-refractivity contribution in [3.63, 3.8) is 0 Å². The number of nitrogens with zero attached hydrogens (tertiary/aromatic N) is 2. The van der Waals surface area contributed by atoms with Crippen LogP contribution in [0.3, 0.4) is 0 Å². The molecule has 1 aromatic carbocycles. The predicted molar refractivity (Wildman–Crippen MR) is 82.9 cm³/mol. The first-order chi connectivity index (χ1) is 9.86. The molecular formula is C14H23N3O3S. The van der Waals surface area contributed by atoms with Crippen LogP contribution in [0.4, 0.5) is 5.69 Å². The maximum absolute atomic E-state index is 12.6. The maximum atomic E-state index is 12.6. The molecule has 0 unspecified atom stereocenters. The van der Waals surface area contributed by atoms with Crippen LogP contribution in [0, 0.1) is 0 Å². The summed E-state index contributed by atoms with van der Waals surface area (Å²) < 4.78 is 31.9. The molecule has 7 heteroatoms. The van der Waals surface area contributed by atoms with Crippen molar-refractivity contribution >= 4 is 15.7 Å². The van der Waals surface area contributed by atoms with E-state index in [0.29, 0.717) is 30.6 Å². The van der Waals surface area contributed by atoms with Crippen molar-refractivity contribution in [2.24, 2.45) is 0 Å². The number of piperidine rings is 1. The maximum Gasteiger partial charge on any atom is 0.243 e. The fraction of sp³-hybridized carbons (Fsp3) is 0.571. The van der Waals surface area contributed by atoms with Crippen LogP contribution in [0.1, 0.15) is 12.8 Å². The van der Waals surface area contributed by atoms with Gasteiger partial charge in [-0.1, -0.05) is 0 Å². The Hall–Kier alpha value is -1.31. The molecule has 6 nitrogen and oxygen atoms in total. The fourth-order valence-electron chi connectivity index (χ4n) is 2.62. The van der Waals surface area contributed by atoms with Crippen LogP contribution in [-0.4, -0.2) is 58.0 Å². The van der Waals surface area contributed by atoms with E-state index in [2.05, 4.69) is 4.90 Å². The smallest absolute Gasteiger partial charge is 0.243 e. The van der Waals surface area contributed by atoms with Crippen molar-refractivity contribution in [1.29, 1.82) is 0 Å². The summed E-state index contributed by atoms with van der Waals surface area (Å²) in [6, 6.07) is 5.04. The molecule has 2 N–H and O–H groups in total. The van der Waals surface area contributed by atoms with Crippen LogP contribution in [0.15, 0.2) is 23.1 Å². The third-order valence-electron chi connectivity index (χ3n) is 3.99. The van der Waals surface area contributed by atoms with Gasteiger partial charge in [-0.05, 0) is 45.1 Å². The van der Waals surface area contributed by atoms with Crippen molar-refractivity contribution in [2.45, 2.75) is 23.8 Å². The molecular weight excluding hydrogens is 290 g/mol. The zero-order valence-corrected chi connectivity index (χ0v) is 13.6. The number of rotatable bonds is 4. The summed E-state index contributed by atoms with van der Waals surface area (Å²) in [6.45, 7) is 1.08. The lowest BCUT2D eigenvalue weighted by Crippen LogP contribution is -2.44. The first-order valence-corrected chi connectivity index (χ1v) is 8.40. The van der Waals surface area contributed by atoms with E-state index < -0.39 is 10.0 Å². The molecule has 2 rings (SSSR count). The zero-order chi connectivity index (χ0) is 15.6. The van der Waals surface area contributed by atoms with Gasteiger partial charge in [-0.3, -0.25) is 0 Å². The van der Waals surface area contributed by atoms with Gasteiger partial charge in [0.2, 0.25) is 10.0 Å². The van der Waals surface area contributed by atoms with E-state index >= 15 is 0 Å². The van der Waals surface area contributed by atoms with Crippen molar-refractivity contribution in [2.75, 3.05) is 40.0 Å². The number of benzene rings is 1. The van der Waals surface area contributed by atoms with Gasteiger partial charge in [0.05, 0.1) is 17.7 Å². The van der Waals surface area contributed by atoms with E-state index in [-0.39, 0.29) is 4.90 Å². The molecule has 0 saturated carbocycles. The van der Waals surface area contributed by atoms with Gasteiger partial charge >= 0.3 is 0 Å². The van der Waals surface area contributed by atoms with Gasteiger partial charge in [0, 0.05) is 19.1 Å². The standard InChI is InChI=1S/C14H23N3O3S/c1-16(2)11-6-8-17(9-7-11)21(18,19)12-4-5-14(20-3)13(15)10-12/h4-5,10-11H,6-9,15H2,1-3H3. The Bertz CT molecular complexity index is 593. The summed E-state index contributed by atoms with van der Waals surface area (Å²) in [5.41, 5.74) is 6.14. The average Bonchev–Trinajstić information content (AvgIpc) is 2.47. The predicted octanol–water partition coefficient (Wildman–Crippen LogP) is 0.992. The van der Waals surface area contributed by atoms with E-state index in [1.807, 2.05) is 14.1 Å². The van der Waals surface area contributed by atoms with Gasteiger partial charge in [-0.2, -0.15) is 4.31 Å². The molecule has 1 aliphatic rings. The van der Waals surface area contributed by atoms with Crippen molar-refractivity contribution in [3.8, 4) is 5.75 Å². The Morgan fingerprint density at radius 1 is 1.29 bits per heavy atom. The van der Waals surface area contributed by atoms with Crippen LogP contribution in [0.5, 0.6) is 5.75 Å². The number of hydrogen-bond donors (Lipinski definition) is 1. The summed E-state index contributed by atoms with van der Waals surface area (Å²) in [5, 5.41) is 0. The minimum absolute atomic E-state index is 0.226. The molecule has 0 bridgehead atoms. The molecule has 0 spiro atoms. The minimum atomic E-state index is -3.48. The van der Waals surface area contributed by atoms with Crippen LogP contribution in [0.25, 0.3) is 0 Å². The van der Waals surface area contributed by atoms with Gasteiger partial charge in [-0.25, -0.2) is 8.42 Å². The number of hydrogen-bond acceptors (Lipinski definition) is 5. The highest BCUT2D eigenvalue weighted by atomic mass is 32.2. The van der Waals surface area contributed by atoms with Crippen LogP contribution in [-0.2, 0) is 10.0 Å². The Balaban J connectivity index is 2.17. The van der Waals surface area contributed by atoms with Crippen molar-refractivity contribution in [1.82, 2.24) is 9.21 Å². The number of nitrogens with two attached hydrogens (primary N) is 1. The number of methoxy groups -OCH3 is 1. The summed E-state index contributed by atoms with van der Waals surface area (Å²) in [5.74, 6) is 0.486. The average molecular weight is 313 g/mol. The molecule has 21 heavy (non-hydrogen) atoms. The third-order valence-corrected chi connectivity index (χ3v) is 5.89. The van der Waals surface area contributed by atoms with Gasteiger partial charge in [0.25, 0.3) is 0 Å². The van der Waals surface area contributed by atoms with Gasteiger partial charge in [0.15, 0.2) is 0 Å². The molecule has 0 amide bonds. The van der Waals surface area contributed by atoms with Crippen LogP contribution >= 0.6 is 0 Å². The van der Waals surface area contributed by atoms with Crippen LogP contribution in [0.2, 0.25) is 0 Å².